The Morgan fingerprint density at radius 1 is 0.969 bits per heavy atom. The summed E-state index contributed by atoms with van der Waals surface area (Å²) in [5.41, 5.74) is 0.787. The molecule has 0 aliphatic heterocycles. The van der Waals surface area contributed by atoms with Crippen LogP contribution in [-0.4, -0.2) is 46.6 Å². The van der Waals surface area contributed by atoms with Gasteiger partial charge in [0.1, 0.15) is 6.04 Å². The first-order valence-corrected chi connectivity index (χ1v) is 10.6. The summed E-state index contributed by atoms with van der Waals surface area (Å²) in [5, 5.41) is 25.6. The summed E-state index contributed by atoms with van der Waals surface area (Å²) in [7, 11) is 0. The highest BCUT2D eigenvalue weighted by Gasteiger charge is 2.24. The summed E-state index contributed by atoms with van der Waals surface area (Å²) in [6.07, 6.45) is 0.183. The first-order chi connectivity index (χ1) is 15.2. The minimum Gasteiger partial charge on any atom is -0.481 e. The van der Waals surface area contributed by atoms with Gasteiger partial charge in [-0.3, -0.25) is 14.4 Å². The van der Waals surface area contributed by atoms with E-state index >= 15 is 0 Å². The number of hydrogen-bond donors (Lipinski definition) is 4. The van der Waals surface area contributed by atoms with E-state index in [1.165, 1.54) is 0 Å². The van der Waals surface area contributed by atoms with Gasteiger partial charge in [0.25, 0.3) is 0 Å². The lowest BCUT2D eigenvalue weighted by molar-refractivity contribution is -0.141. The summed E-state index contributed by atoms with van der Waals surface area (Å²) in [6, 6.07) is 12.3. The van der Waals surface area contributed by atoms with E-state index in [0.717, 1.165) is 16.3 Å². The van der Waals surface area contributed by atoms with Gasteiger partial charge in [-0.25, -0.2) is 4.79 Å². The molecule has 2 aromatic carbocycles. The molecule has 2 amide bonds. The van der Waals surface area contributed by atoms with Crippen LogP contribution >= 0.6 is 0 Å². The average molecular weight is 443 g/mol. The predicted molar refractivity (Wildman–Crippen MR) is 120 cm³/mol. The topological polar surface area (TPSA) is 133 Å². The van der Waals surface area contributed by atoms with E-state index < -0.39 is 35.7 Å². The molecular weight excluding hydrogens is 412 g/mol. The van der Waals surface area contributed by atoms with Crippen LogP contribution in [0.2, 0.25) is 0 Å². The number of amides is 2. The first-order valence-electron chi connectivity index (χ1n) is 10.6. The van der Waals surface area contributed by atoms with Crippen molar-refractivity contribution in [2.75, 3.05) is 6.54 Å². The summed E-state index contributed by atoms with van der Waals surface area (Å²) in [4.78, 5) is 47.1. The number of fused-ring (bicyclic) bond motifs is 1. The van der Waals surface area contributed by atoms with Crippen LogP contribution in [0.5, 0.6) is 0 Å². The van der Waals surface area contributed by atoms with Crippen molar-refractivity contribution < 1.29 is 29.4 Å². The molecule has 0 fully saturated rings. The second-order valence-corrected chi connectivity index (χ2v) is 8.31. The average Bonchev–Trinajstić information content (AvgIpc) is 2.71. The highest BCUT2D eigenvalue weighted by atomic mass is 16.4. The summed E-state index contributed by atoms with van der Waals surface area (Å²) >= 11 is 0. The molecule has 2 rings (SSSR count). The molecule has 1 unspecified atom stereocenters. The largest absolute Gasteiger partial charge is 0.481 e. The molecule has 4 N–H and O–H groups in total. The lowest BCUT2D eigenvalue weighted by atomic mass is 9.93. The van der Waals surface area contributed by atoms with Crippen molar-refractivity contribution in [3.05, 3.63) is 48.0 Å². The standard InChI is InChI=1S/C24H30N2O6/c1-15(2)11-19(14-22(28)29)23(30)25-10-9-21(27)26-20(24(31)32)13-16-7-8-17-5-3-4-6-18(17)12-16/h3-8,12,15,19-20H,9-11,13-14H2,1-2H3,(H,25,30)(H,26,27)(H,28,29)(H,31,32)/t19?,20-/m1/s1. The Bertz CT molecular complexity index is 972. The predicted octanol–water partition coefficient (Wildman–Crippen LogP) is 2.59. The Balaban J connectivity index is 1.88. The third-order valence-corrected chi connectivity index (χ3v) is 5.09. The molecule has 0 radical (unpaired) electrons. The molecule has 2 atom stereocenters. The van der Waals surface area contributed by atoms with Gasteiger partial charge in [0.2, 0.25) is 11.8 Å². The second kappa shape index (κ2) is 11.8. The maximum absolute atomic E-state index is 12.3. The number of hydrogen-bond acceptors (Lipinski definition) is 4. The normalized spacial score (nSPS) is 12.8. The number of carboxylic acids is 2. The Morgan fingerprint density at radius 3 is 2.28 bits per heavy atom. The van der Waals surface area contributed by atoms with Crippen LogP contribution in [0.1, 0.15) is 38.7 Å². The molecule has 0 bridgehead atoms. The third kappa shape index (κ3) is 8.02. The van der Waals surface area contributed by atoms with Crippen molar-refractivity contribution in [2.45, 2.75) is 45.6 Å². The van der Waals surface area contributed by atoms with Crippen molar-refractivity contribution in [1.29, 1.82) is 0 Å². The number of carbonyl (C=O) groups excluding carboxylic acids is 2. The molecule has 8 nitrogen and oxygen atoms in total. The molecule has 0 aliphatic rings. The summed E-state index contributed by atoms with van der Waals surface area (Å²) in [6.45, 7) is 3.80. The van der Waals surface area contributed by atoms with Crippen molar-refractivity contribution >= 4 is 34.5 Å². The van der Waals surface area contributed by atoms with Gasteiger partial charge in [-0.1, -0.05) is 56.3 Å². The van der Waals surface area contributed by atoms with Gasteiger partial charge in [-0.15, -0.1) is 0 Å². The number of carbonyl (C=O) groups is 4. The zero-order valence-electron chi connectivity index (χ0n) is 18.3. The first kappa shape index (κ1) is 24.8. The van der Waals surface area contributed by atoms with E-state index in [0.29, 0.717) is 6.42 Å². The highest BCUT2D eigenvalue weighted by Crippen LogP contribution is 2.17. The summed E-state index contributed by atoms with van der Waals surface area (Å²) < 4.78 is 0. The van der Waals surface area contributed by atoms with E-state index in [1.54, 1.807) is 0 Å². The van der Waals surface area contributed by atoms with Crippen molar-refractivity contribution in [3.8, 4) is 0 Å². The van der Waals surface area contributed by atoms with Crippen LogP contribution in [0.25, 0.3) is 10.8 Å². The van der Waals surface area contributed by atoms with Gasteiger partial charge < -0.3 is 20.8 Å². The Hall–Kier alpha value is -3.42. The number of aliphatic carboxylic acids is 2. The minimum atomic E-state index is -1.14. The number of nitrogens with one attached hydrogen (secondary N) is 2. The number of benzene rings is 2. The lowest BCUT2D eigenvalue weighted by Crippen LogP contribution is -2.43. The minimum absolute atomic E-state index is 0.00119. The smallest absolute Gasteiger partial charge is 0.326 e. The quantitative estimate of drug-likeness (QED) is 0.399. The molecule has 0 saturated carbocycles. The molecule has 0 aliphatic carbocycles. The monoisotopic (exact) mass is 442 g/mol. The molecule has 0 spiro atoms. The Labute approximate surface area is 187 Å². The van der Waals surface area contributed by atoms with Crippen LogP contribution in [0.15, 0.2) is 42.5 Å². The van der Waals surface area contributed by atoms with Gasteiger partial charge >= 0.3 is 11.9 Å². The van der Waals surface area contributed by atoms with Gasteiger partial charge in [0, 0.05) is 25.3 Å². The fourth-order valence-corrected chi connectivity index (χ4v) is 3.57. The Morgan fingerprint density at radius 2 is 1.66 bits per heavy atom. The van der Waals surface area contributed by atoms with Crippen LogP contribution in [0, 0.1) is 11.8 Å². The maximum Gasteiger partial charge on any atom is 0.326 e. The van der Waals surface area contributed by atoms with Gasteiger partial charge in [-0.2, -0.15) is 0 Å². The van der Waals surface area contributed by atoms with Gasteiger partial charge in [0.15, 0.2) is 0 Å². The molecule has 2 aromatic rings. The molecule has 0 aromatic heterocycles. The van der Waals surface area contributed by atoms with E-state index in [1.807, 2.05) is 56.3 Å². The lowest BCUT2D eigenvalue weighted by Gasteiger charge is -2.18. The zero-order valence-corrected chi connectivity index (χ0v) is 18.3. The van der Waals surface area contributed by atoms with Crippen LogP contribution < -0.4 is 10.6 Å². The molecular formula is C24H30N2O6. The van der Waals surface area contributed by atoms with Crippen LogP contribution in [0.3, 0.4) is 0 Å². The molecule has 0 heterocycles. The van der Waals surface area contributed by atoms with Crippen LogP contribution in [0.4, 0.5) is 0 Å². The van der Waals surface area contributed by atoms with Gasteiger partial charge in [0.05, 0.1) is 6.42 Å². The van der Waals surface area contributed by atoms with Crippen molar-refractivity contribution in [1.82, 2.24) is 10.6 Å². The third-order valence-electron chi connectivity index (χ3n) is 5.09. The highest BCUT2D eigenvalue weighted by molar-refractivity contribution is 5.86. The van der Waals surface area contributed by atoms with E-state index in [-0.39, 0.29) is 31.7 Å². The molecule has 0 saturated heterocycles. The van der Waals surface area contributed by atoms with Crippen molar-refractivity contribution in [2.24, 2.45) is 11.8 Å². The zero-order chi connectivity index (χ0) is 23.7. The number of rotatable bonds is 12. The number of carboxylic acid groups (broad SMARTS) is 2. The van der Waals surface area contributed by atoms with Crippen LogP contribution in [-0.2, 0) is 25.6 Å². The van der Waals surface area contributed by atoms with Crippen molar-refractivity contribution in [3.63, 3.8) is 0 Å². The molecule has 32 heavy (non-hydrogen) atoms. The van der Waals surface area contributed by atoms with E-state index in [2.05, 4.69) is 10.6 Å². The SMILES string of the molecule is CC(C)CC(CC(=O)O)C(=O)NCCC(=O)N[C@H](Cc1ccc2ccccc2c1)C(=O)O. The fourth-order valence-electron chi connectivity index (χ4n) is 3.57. The summed E-state index contributed by atoms with van der Waals surface area (Å²) in [5.74, 6) is -3.64. The fraction of sp³-hybridized carbons (Fsp3) is 0.417. The van der Waals surface area contributed by atoms with E-state index in [4.69, 9.17) is 5.11 Å². The second-order valence-electron chi connectivity index (χ2n) is 8.31. The maximum atomic E-state index is 12.3. The van der Waals surface area contributed by atoms with Gasteiger partial charge in [-0.05, 0) is 28.7 Å². The molecule has 8 heteroatoms. The van der Waals surface area contributed by atoms with E-state index in [9.17, 15) is 24.3 Å². The Kier molecular flexibility index (Phi) is 9.19. The molecule has 172 valence electrons.